The molecule has 0 bridgehead atoms. The summed E-state index contributed by atoms with van der Waals surface area (Å²) in [6.45, 7) is 1.48. The number of halogens is 6. The Morgan fingerprint density at radius 1 is 0.971 bits per heavy atom. The van der Waals surface area contributed by atoms with Gasteiger partial charge in [0.1, 0.15) is 0 Å². The van der Waals surface area contributed by atoms with Crippen LogP contribution in [-0.2, 0) is 27.4 Å². The van der Waals surface area contributed by atoms with Gasteiger partial charge in [-0.2, -0.15) is 26.3 Å². The van der Waals surface area contributed by atoms with Crippen molar-refractivity contribution in [1.82, 2.24) is 10.6 Å². The van der Waals surface area contributed by atoms with Crippen molar-refractivity contribution in [3.8, 4) is 0 Å². The molecular formula is C25H26F6N2O2. The fraction of sp³-hybridized carbons (Fsp3) is 0.480. The van der Waals surface area contributed by atoms with Crippen molar-refractivity contribution in [3.63, 3.8) is 0 Å². The summed E-state index contributed by atoms with van der Waals surface area (Å²) in [5.41, 5.74) is -2.73. The summed E-state index contributed by atoms with van der Waals surface area (Å²) in [7, 11) is 0. The molecule has 190 valence electrons. The Bertz CT molecular complexity index is 1020. The monoisotopic (exact) mass is 500 g/mol. The third-order valence-corrected chi connectivity index (χ3v) is 6.84. The minimum atomic E-state index is -4.92. The third-order valence-electron chi connectivity index (χ3n) is 6.84. The molecule has 2 N–H and O–H groups in total. The van der Waals surface area contributed by atoms with Crippen LogP contribution >= 0.6 is 0 Å². The van der Waals surface area contributed by atoms with Crippen molar-refractivity contribution >= 4 is 5.91 Å². The first-order valence-electron chi connectivity index (χ1n) is 11.4. The molecular weight excluding hydrogens is 474 g/mol. The van der Waals surface area contributed by atoms with Crippen molar-refractivity contribution in [2.45, 2.75) is 68.7 Å². The van der Waals surface area contributed by atoms with Crippen molar-refractivity contribution in [2.24, 2.45) is 0 Å². The molecule has 2 saturated heterocycles. The number of alkyl halides is 6. The van der Waals surface area contributed by atoms with Crippen LogP contribution in [0.25, 0.3) is 0 Å². The minimum Gasteiger partial charge on any atom is -0.372 e. The molecule has 4 rings (SSSR count). The van der Waals surface area contributed by atoms with Gasteiger partial charge in [-0.05, 0) is 55.5 Å². The minimum absolute atomic E-state index is 0.00449. The molecule has 35 heavy (non-hydrogen) atoms. The summed E-state index contributed by atoms with van der Waals surface area (Å²) in [6, 6.07) is 10.9. The number of rotatable bonds is 5. The molecule has 2 fully saturated rings. The van der Waals surface area contributed by atoms with Crippen LogP contribution in [0.3, 0.4) is 0 Å². The lowest BCUT2D eigenvalue weighted by molar-refractivity contribution is -0.143. The number of hydrogen-bond acceptors (Lipinski definition) is 3. The van der Waals surface area contributed by atoms with Crippen LogP contribution < -0.4 is 10.6 Å². The van der Waals surface area contributed by atoms with E-state index in [9.17, 15) is 31.1 Å². The van der Waals surface area contributed by atoms with Crippen molar-refractivity contribution in [3.05, 3.63) is 70.8 Å². The zero-order chi connectivity index (χ0) is 25.4. The number of nitrogens with one attached hydrogen (secondary N) is 2. The number of amides is 1. The van der Waals surface area contributed by atoms with E-state index >= 15 is 0 Å². The van der Waals surface area contributed by atoms with Gasteiger partial charge < -0.3 is 15.4 Å². The number of carbonyl (C=O) groups is 1. The highest BCUT2D eigenvalue weighted by Crippen LogP contribution is 2.40. The summed E-state index contributed by atoms with van der Waals surface area (Å²) < 4.78 is 85.8. The number of piperidine rings is 2. The van der Waals surface area contributed by atoms with E-state index in [0.29, 0.717) is 37.8 Å². The fourth-order valence-electron chi connectivity index (χ4n) is 4.90. The van der Waals surface area contributed by atoms with Gasteiger partial charge in [-0.1, -0.05) is 30.3 Å². The maximum Gasteiger partial charge on any atom is 0.416 e. The zero-order valence-corrected chi connectivity index (χ0v) is 19.0. The molecule has 2 aromatic rings. The average Bonchev–Trinajstić information content (AvgIpc) is 2.81. The topological polar surface area (TPSA) is 50.4 Å². The molecule has 2 aliphatic heterocycles. The van der Waals surface area contributed by atoms with Crippen LogP contribution in [0.4, 0.5) is 26.3 Å². The van der Waals surface area contributed by atoms with Crippen LogP contribution in [0.2, 0.25) is 0 Å². The molecule has 2 heterocycles. The van der Waals surface area contributed by atoms with E-state index in [1.165, 1.54) is 6.92 Å². The molecule has 10 heteroatoms. The SMILES string of the molecule is C[C@@H](OC[C@@]1(c2ccccc2)CCC2NC(=O)CCC2N1)c1cc(C(F)(F)F)cc(C(F)(F)F)c1. The van der Waals surface area contributed by atoms with Crippen molar-refractivity contribution in [1.29, 1.82) is 0 Å². The van der Waals surface area contributed by atoms with Crippen molar-refractivity contribution < 1.29 is 35.9 Å². The Labute approximate surface area is 199 Å². The van der Waals surface area contributed by atoms with Gasteiger partial charge in [0.05, 0.1) is 29.4 Å². The second kappa shape index (κ2) is 9.46. The smallest absolute Gasteiger partial charge is 0.372 e. The number of benzene rings is 2. The second-order valence-corrected chi connectivity index (χ2v) is 9.24. The van der Waals surface area contributed by atoms with Gasteiger partial charge in [0, 0.05) is 18.5 Å². The van der Waals surface area contributed by atoms with Crippen LogP contribution in [0.5, 0.6) is 0 Å². The van der Waals surface area contributed by atoms with E-state index in [0.717, 1.165) is 5.56 Å². The number of hydrogen-bond donors (Lipinski definition) is 2. The lowest BCUT2D eigenvalue weighted by atomic mass is 9.77. The zero-order valence-electron chi connectivity index (χ0n) is 19.0. The van der Waals surface area contributed by atoms with Gasteiger partial charge in [0.25, 0.3) is 0 Å². The Hall–Kier alpha value is -2.59. The van der Waals surface area contributed by atoms with E-state index in [1.54, 1.807) is 0 Å². The molecule has 2 aromatic carbocycles. The van der Waals surface area contributed by atoms with Gasteiger partial charge >= 0.3 is 12.4 Å². The van der Waals surface area contributed by atoms with Gasteiger partial charge in [-0.25, -0.2) is 0 Å². The van der Waals surface area contributed by atoms with Gasteiger partial charge in [0.15, 0.2) is 0 Å². The highest BCUT2D eigenvalue weighted by molar-refractivity contribution is 5.77. The molecule has 0 aromatic heterocycles. The molecule has 1 amide bonds. The molecule has 2 aliphatic rings. The van der Waals surface area contributed by atoms with E-state index in [2.05, 4.69) is 10.6 Å². The molecule has 0 radical (unpaired) electrons. The molecule has 0 saturated carbocycles. The van der Waals surface area contributed by atoms with Gasteiger partial charge in [-0.3, -0.25) is 4.79 Å². The van der Waals surface area contributed by atoms with Crippen LogP contribution in [0.15, 0.2) is 48.5 Å². The van der Waals surface area contributed by atoms with E-state index < -0.39 is 35.1 Å². The highest BCUT2D eigenvalue weighted by Gasteiger charge is 2.44. The second-order valence-electron chi connectivity index (χ2n) is 9.24. The van der Waals surface area contributed by atoms with E-state index in [-0.39, 0.29) is 36.2 Å². The number of carbonyl (C=O) groups excluding carboxylic acids is 1. The Morgan fingerprint density at radius 3 is 2.20 bits per heavy atom. The lowest BCUT2D eigenvalue weighted by Crippen LogP contribution is -2.64. The summed E-state index contributed by atoms with van der Waals surface area (Å²) >= 11 is 0. The first-order valence-corrected chi connectivity index (χ1v) is 11.4. The number of ether oxygens (including phenoxy) is 1. The number of fused-ring (bicyclic) bond motifs is 1. The molecule has 4 atom stereocenters. The quantitative estimate of drug-likeness (QED) is 0.516. The van der Waals surface area contributed by atoms with Gasteiger partial charge in [-0.15, -0.1) is 0 Å². The van der Waals surface area contributed by atoms with Crippen LogP contribution in [0, 0.1) is 0 Å². The normalized spacial score (nSPS) is 26.1. The summed E-state index contributed by atoms with van der Waals surface area (Å²) in [5.74, 6) is -0.00449. The standard InChI is InChI=1S/C25H26F6N2O2/c1-15(16-11-18(24(26,27)28)13-19(12-16)25(29,30)31)35-14-23(17-5-3-2-4-6-17)10-9-20-21(33-23)7-8-22(34)32-20/h2-6,11-13,15,20-21,33H,7-10,14H2,1H3,(H,32,34)/t15-,20?,21?,23-/m1/s1. The van der Waals surface area contributed by atoms with Crippen LogP contribution in [-0.4, -0.2) is 24.6 Å². The van der Waals surface area contributed by atoms with Crippen molar-refractivity contribution in [2.75, 3.05) is 6.61 Å². The fourth-order valence-corrected chi connectivity index (χ4v) is 4.90. The largest absolute Gasteiger partial charge is 0.416 e. The summed E-state index contributed by atoms with van der Waals surface area (Å²) in [5, 5.41) is 6.57. The van der Waals surface area contributed by atoms with E-state index in [1.807, 2.05) is 30.3 Å². The third kappa shape index (κ3) is 5.64. The maximum absolute atomic E-state index is 13.3. The van der Waals surface area contributed by atoms with E-state index in [4.69, 9.17) is 4.74 Å². The Balaban J connectivity index is 1.60. The molecule has 0 spiro atoms. The highest BCUT2D eigenvalue weighted by atomic mass is 19.4. The first-order chi connectivity index (χ1) is 16.4. The maximum atomic E-state index is 13.3. The molecule has 2 unspecified atom stereocenters. The predicted octanol–water partition coefficient (Wildman–Crippen LogP) is 5.73. The van der Waals surface area contributed by atoms with Crippen LogP contribution in [0.1, 0.15) is 61.0 Å². The average molecular weight is 500 g/mol. The first kappa shape index (κ1) is 25.5. The lowest BCUT2D eigenvalue weighted by Gasteiger charge is -2.48. The molecule has 0 aliphatic carbocycles. The van der Waals surface area contributed by atoms with Gasteiger partial charge in [0.2, 0.25) is 5.91 Å². The summed E-state index contributed by atoms with van der Waals surface area (Å²) in [6.07, 6.45) is -8.63. The summed E-state index contributed by atoms with van der Waals surface area (Å²) in [4.78, 5) is 11.8. The Kier molecular flexibility index (Phi) is 6.89. The predicted molar refractivity (Wildman–Crippen MR) is 116 cm³/mol. The molecule has 4 nitrogen and oxygen atoms in total. The Morgan fingerprint density at radius 2 is 1.60 bits per heavy atom.